The summed E-state index contributed by atoms with van der Waals surface area (Å²) in [5.41, 5.74) is 3.94. The summed E-state index contributed by atoms with van der Waals surface area (Å²) in [6.07, 6.45) is 1.55. The summed E-state index contributed by atoms with van der Waals surface area (Å²) in [6, 6.07) is 11.2. The fourth-order valence-corrected chi connectivity index (χ4v) is 2.80. The molecular weight excluding hydrogens is 392 g/mol. The van der Waals surface area contributed by atoms with E-state index in [0.29, 0.717) is 43.5 Å². The number of carbonyl (C=O) groups is 1. The molecule has 1 aliphatic rings. The Labute approximate surface area is 173 Å². The summed E-state index contributed by atoms with van der Waals surface area (Å²) >= 11 is 0. The molecule has 1 fully saturated rings. The fourth-order valence-electron chi connectivity index (χ4n) is 2.80. The molecular formula is C20H22N4O6. The number of amides is 1. The molecule has 2 aromatic carbocycles. The Bertz CT molecular complexity index is 927. The number of nitrogens with one attached hydrogen (secondary N) is 1. The molecule has 1 saturated heterocycles. The SMILES string of the molecule is COc1cc(/C=N\Nc2cccc([N+](=O)[O-])c2)ccc1OCC(=O)N1CCOCC1. The molecule has 0 atom stereocenters. The van der Waals surface area contributed by atoms with Gasteiger partial charge in [-0.2, -0.15) is 5.10 Å². The van der Waals surface area contributed by atoms with Crippen LogP contribution in [0.1, 0.15) is 5.56 Å². The van der Waals surface area contributed by atoms with Crippen molar-refractivity contribution in [1.82, 2.24) is 4.90 Å². The predicted molar refractivity (Wildman–Crippen MR) is 110 cm³/mol. The molecule has 0 spiro atoms. The first kappa shape index (κ1) is 21.1. The second-order valence-corrected chi connectivity index (χ2v) is 6.37. The third-order valence-electron chi connectivity index (χ3n) is 4.37. The maximum Gasteiger partial charge on any atom is 0.271 e. The zero-order valence-corrected chi connectivity index (χ0v) is 16.4. The zero-order chi connectivity index (χ0) is 21.3. The number of hydrogen-bond donors (Lipinski definition) is 1. The van der Waals surface area contributed by atoms with Gasteiger partial charge in [0.2, 0.25) is 0 Å². The summed E-state index contributed by atoms with van der Waals surface area (Å²) in [4.78, 5) is 24.3. The second-order valence-electron chi connectivity index (χ2n) is 6.37. The van der Waals surface area contributed by atoms with Gasteiger partial charge in [-0.05, 0) is 29.8 Å². The average Bonchev–Trinajstić information content (AvgIpc) is 2.78. The van der Waals surface area contributed by atoms with Crippen molar-refractivity contribution in [3.63, 3.8) is 0 Å². The van der Waals surface area contributed by atoms with Crippen LogP contribution in [-0.2, 0) is 9.53 Å². The number of rotatable bonds is 8. The third-order valence-corrected chi connectivity index (χ3v) is 4.37. The van der Waals surface area contributed by atoms with Gasteiger partial charge in [-0.15, -0.1) is 0 Å². The van der Waals surface area contributed by atoms with Crippen molar-refractivity contribution in [2.24, 2.45) is 5.10 Å². The van der Waals surface area contributed by atoms with Crippen LogP contribution < -0.4 is 14.9 Å². The summed E-state index contributed by atoms with van der Waals surface area (Å²) in [5.74, 6) is 0.805. The lowest BCUT2D eigenvalue weighted by atomic mass is 10.2. The number of nitro groups is 1. The summed E-state index contributed by atoms with van der Waals surface area (Å²) in [6.45, 7) is 2.11. The molecule has 0 unspecified atom stereocenters. The Morgan fingerprint density at radius 1 is 1.27 bits per heavy atom. The molecule has 3 rings (SSSR count). The number of morpholine rings is 1. The molecule has 30 heavy (non-hydrogen) atoms. The summed E-state index contributed by atoms with van der Waals surface area (Å²) < 4.78 is 16.2. The molecule has 0 aromatic heterocycles. The molecule has 10 nitrogen and oxygen atoms in total. The molecule has 2 aromatic rings. The van der Waals surface area contributed by atoms with Gasteiger partial charge in [-0.25, -0.2) is 0 Å². The molecule has 1 heterocycles. The van der Waals surface area contributed by atoms with Crippen LogP contribution in [0.25, 0.3) is 0 Å². The molecule has 0 aliphatic carbocycles. The van der Waals surface area contributed by atoms with E-state index >= 15 is 0 Å². The van der Waals surface area contributed by atoms with Gasteiger partial charge < -0.3 is 19.1 Å². The van der Waals surface area contributed by atoms with Crippen molar-refractivity contribution in [2.45, 2.75) is 0 Å². The molecule has 0 saturated carbocycles. The van der Waals surface area contributed by atoms with Gasteiger partial charge in [0.15, 0.2) is 18.1 Å². The number of carbonyl (C=O) groups excluding carboxylic acids is 1. The van der Waals surface area contributed by atoms with Crippen LogP contribution in [0, 0.1) is 10.1 Å². The van der Waals surface area contributed by atoms with Crippen molar-refractivity contribution in [3.05, 3.63) is 58.1 Å². The zero-order valence-electron chi connectivity index (χ0n) is 16.4. The van der Waals surface area contributed by atoms with Crippen molar-refractivity contribution in [2.75, 3.05) is 45.4 Å². The molecule has 0 bridgehead atoms. The Kier molecular flexibility index (Phi) is 7.17. The van der Waals surface area contributed by atoms with Crippen LogP contribution in [0.2, 0.25) is 0 Å². The van der Waals surface area contributed by atoms with Crippen molar-refractivity contribution in [3.8, 4) is 11.5 Å². The van der Waals surface area contributed by atoms with Crippen LogP contribution in [0.15, 0.2) is 47.6 Å². The normalized spacial score (nSPS) is 13.8. The minimum absolute atomic E-state index is 0.0232. The lowest BCUT2D eigenvalue weighted by Crippen LogP contribution is -2.43. The number of nitro benzene ring substituents is 1. The molecule has 158 valence electrons. The van der Waals surface area contributed by atoms with Crippen LogP contribution in [0.4, 0.5) is 11.4 Å². The number of hydrogen-bond acceptors (Lipinski definition) is 8. The number of ether oxygens (including phenoxy) is 3. The van der Waals surface area contributed by atoms with Gasteiger partial charge in [0.1, 0.15) is 0 Å². The highest BCUT2D eigenvalue weighted by atomic mass is 16.6. The molecule has 1 N–H and O–H groups in total. The van der Waals surface area contributed by atoms with Crippen LogP contribution in [0.5, 0.6) is 11.5 Å². The number of nitrogens with zero attached hydrogens (tertiary/aromatic N) is 3. The lowest BCUT2D eigenvalue weighted by Gasteiger charge is -2.26. The number of benzene rings is 2. The summed E-state index contributed by atoms with van der Waals surface area (Å²) in [5, 5.41) is 14.9. The predicted octanol–water partition coefficient (Wildman–Crippen LogP) is 2.29. The van der Waals surface area contributed by atoms with Gasteiger partial charge in [0.05, 0.1) is 37.1 Å². The van der Waals surface area contributed by atoms with E-state index in [0.717, 1.165) is 5.56 Å². The van der Waals surface area contributed by atoms with E-state index in [2.05, 4.69) is 10.5 Å². The number of hydrazone groups is 1. The first-order chi connectivity index (χ1) is 14.6. The summed E-state index contributed by atoms with van der Waals surface area (Å²) in [7, 11) is 1.51. The smallest absolute Gasteiger partial charge is 0.271 e. The Hall–Kier alpha value is -3.66. The quantitative estimate of drug-likeness (QED) is 0.400. The number of methoxy groups -OCH3 is 1. The van der Waals surface area contributed by atoms with Crippen LogP contribution in [-0.4, -0.2) is 62.0 Å². The highest BCUT2D eigenvalue weighted by Gasteiger charge is 2.18. The molecule has 1 amide bonds. The third kappa shape index (κ3) is 5.67. The van der Waals surface area contributed by atoms with Gasteiger partial charge in [0.25, 0.3) is 11.6 Å². The van der Waals surface area contributed by atoms with Crippen LogP contribution >= 0.6 is 0 Å². The standard InChI is InChI=1S/C20H22N4O6/c1-28-19-11-15(13-21-22-16-3-2-4-17(12-16)24(26)27)5-6-18(19)30-14-20(25)23-7-9-29-10-8-23/h2-6,11-13,22H,7-10,14H2,1H3/b21-13-. The molecule has 0 radical (unpaired) electrons. The van der Waals surface area contributed by atoms with Crippen LogP contribution in [0.3, 0.4) is 0 Å². The number of anilines is 1. The minimum atomic E-state index is -0.470. The van der Waals surface area contributed by atoms with Gasteiger partial charge in [-0.3, -0.25) is 20.3 Å². The van der Waals surface area contributed by atoms with E-state index in [1.807, 2.05) is 0 Å². The molecule has 1 aliphatic heterocycles. The van der Waals surface area contributed by atoms with Gasteiger partial charge in [-0.1, -0.05) is 6.07 Å². The fraction of sp³-hybridized carbons (Fsp3) is 0.300. The maximum atomic E-state index is 12.2. The van der Waals surface area contributed by atoms with Gasteiger partial charge in [0, 0.05) is 25.2 Å². The second kappa shape index (κ2) is 10.2. The Morgan fingerprint density at radius 3 is 2.80 bits per heavy atom. The topological polar surface area (TPSA) is 116 Å². The Balaban J connectivity index is 1.59. The highest BCUT2D eigenvalue weighted by molar-refractivity contribution is 5.82. The van der Waals surface area contributed by atoms with E-state index in [4.69, 9.17) is 14.2 Å². The van der Waals surface area contributed by atoms with Crippen molar-refractivity contribution >= 4 is 23.5 Å². The average molecular weight is 414 g/mol. The number of non-ortho nitro benzene ring substituents is 1. The van der Waals surface area contributed by atoms with E-state index < -0.39 is 4.92 Å². The largest absolute Gasteiger partial charge is 0.493 e. The van der Waals surface area contributed by atoms with E-state index in [1.165, 1.54) is 19.2 Å². The van der Waals surface area contributed by atoms with Crippen molar-refractivity contribution in [1.29, 1.82) is 0 Å². The first-order valence-corrected chi connectivity index (χ1v) is 9.26. The Morgan fingerprint density at radius 2 is 2.07 bits per heavy atom. The maximum absolute atomic E-state index is 12.2. The first-order valence-electron chi connectivity index (χ1n) is 9.26. The van der Waals surface area contributed by atoms with Crippen molar-refractivity contribution < 1.29 is 23.9 Å². The van der Waals surface area contributed by atoms with E-state index in [-0.39, 0.29) is 18.2 Å². The minimum Gasteiger partial charge on any atom is -0.493 e. The highest BCUT2D eigenvalue weighted by Crippen LogP contribution is 2.27. The van der Waals surface area contributed by atoms with Gasteiger partial charge >= 0.3 is 0 Å². The van der Waals surface area contributed by atoms with E-state index in [1.54, 1.807) is 41.4 Å². The lowest BCUT2D eigenvalue weighted by molar-refractivity contribution is -0.384. The monoisotopic (exact) mass is 414 g/mol. The van der Waals surface area contributed by atoms with E-state index in [9.17, 15) is 14.9 Å². The molecule has 10 heteroatoms.